The number of fused-ring (bicyclic) bond motifs is 4. The Bertz CT molecular complexity index is 2790. The molecule has 13 heteroatoms. The minimum absolute atomic E-state index is 0.0831. The van der Waals surface area contributed by atoms with E-state index in [-0.39, 0.29) is 37.1 Å². The molecular weight excluding hydrogens is 876 g/mol. The third-order valence-corrected chi connectivity index (χ3v) is 14.8. The van der Waals surface area contributed by atoms with E-state index < -0.39 is 32.4 Å². The molecule has 5 aromatic carbocycles. The van der Waals surface area contributed by atoms with E-state index in [9.17, 15) is 10.1 Å². The number of nitriles is 1. The molecule has 3 aliphatic rings. The van der Waals surface area contributed by atoms with E-state index in [1.807, 2.05) is 97.1 Å². The van der Waals surface area contributed by atoms with Crippen molar-refractivity contribution in [2.75, 3.05) is 45.4 Å². The molecular formula is C55H61N4O8P. The molecule has 1 fully saturated rings. The molecule has 0 amide bonds. The van der Waals surface area contributed by atoms with Crippen LogP contribution in [0.2, 0.25) is 0 Å². The van der Waals surface area contributed by atoms with E-state index in [2.05, 4.69) is 75.4 Å². The SMILES string of the molecule is CCN(CC)c1ccc2nc3c4cc([C@H]5C[C@H](OP(OCCC#N)N(C(C)C)C(C)C)[C@@H](COC(c6ccccc6)(c6ccc(OC)cc6)c6ccc(OC)cc6)O5)ccc4c(=O)cc-3oc2c1. The molecule has 0 bridgehead atoms. The summed E-state index contributed by atoms with van der Waals surface area (Å²) >= 11 is 0. The zero-order chi connectivity index (χ0) is 48.0. The summed E-state index contributed by atoms with van der Waals surface area (Å²) in [6.45, 7) is 14.8. The van der Waals surface area contributed by atoms with Gasteiger partial charge in [-0.15, -0.1) is 0 Å². The Morgan fingerprint density at radius 1 is 0.809 bits per heavy atom. The van der Waals surface area contributed by atoms with Crippen LogP contribution in [0.15, 0.2) is 131 Å². The Morgan fingerprint density at radius 3 is 2.06 bits per heavy atom. The van der Waals surface area contributed by atoms with Crippen molar-refractivity contribution in [1.29, 1.82) is 5.26 Å². The average molecular weight is 937 g/mol. The van der Waals surface area contributed by atoms with Gasteiger partial charge >= 0.3 is 0 Å². The lowest BCUT2D eigenvalue weighted by Crippen LogP contribution is -2.39. The Hall–Kier alpha value is -5.90. The lowest BCUT2D eigenvalue weighted by atomic mass is 9.80. The predicted octanol–water partition coefficient (Wildman–Crippen LogP) is 11.8. The van der Waals surface area contributed by atoms with E-state index in [4.69, 9.17) is 37.4 Å². The summed E-state index contributed by atoms with van der Waals surface area (Å²) in [4.78, 5) is 21.1. The molecule has 0 radical (unpaired) electrons. The van der Waals surface area contributed by atoms with E-state index in [1.165, 1.54) is 6.07 Å². The first-order valence-electron chi connectivity index (χ1n) is 23.5. The van der Waals surface area contributed by atoms with E-state index in [1.54, 1.807) is 14.2 Å². The van der Waals surface area contributed by atoms with Gasteiger partial charge in [-0.05, 0) is 106 Å². The van der Waals surface area contributed by atoms with Gasteiger partial charge in [0.05, 0.1) is 52.1 Å². The number of hydrogen-bond donors (Lipinski definition) is 0. The van der Waals surface area contributed by atoms with Crippen LogP contribution >= 0.6 is 8.53 Å². The summed E-state index contributed by atoms with van der Waals surface area (Å²) in [5.41, 5.74) is 5.22. The summed E-state index contributed by atoms with van der Waals surface area (Å²) in [5, 5.41) is 10.7. The van der Waals surface area contributed by atoms with Crippen LogP contribution < -0.4 is 19.8 Å². The molecule has 8 rings (SSSR count). The number of nitrogens with zero attached hydrogens (tertiary/aromatic N) is 4. The van der Waals surface area contributed by atoms with Gasteiger partial charge in [0.1, 0.15) is 34.4 Å². The maximum absolute atomic E-state index is 13.7. The molecule has 4 atom stereocenters. The Balaban J connectivity index is 1.22. The molecule has 12 nitrogen and oxygen atoms in total. The van der Waals surface area contributed by atoms with Crippen LogP contribution in [0.25, 0.3) is 33.3 Å². The number of methoxy groups -OCH3 is 2. The fourth-order valence-electron chi connectivity index (χ4n) is 9.35. The van der Waals surface area contributed by atoms with Gasteiger partial charge in [-0.1, -0.05) is 66.7 Å². The smallest absolute Gasteiger partial charge is 0.259 e. The van der Waals surface area contributed by atoms with Crippen molar-refractivity contribution < 1.29 is 32.4 Å². The topological polar surface area (TPSA) is 129 Å². The zero-order valence-corrected chi connectivity index (χ0v) is 41.1. The highest BCUT2D eigenvalue weighted by Crippen LogP contribution is 2.51. The van der Waals surface area contributed by atoms with Gasteiger partial charge in [0.2, 0.25) is 0 Å². The van der Waals surface area contributed by atoms with Crippen molar-refractivity contribution in [3.8, 4) is 29.0 Å². The van der Waals surface area contributed by atoms with Crippen LogP contribution in [-0.4, -0.2) is 74.5 Å². The third-order valence-electron chi connectivity index (χ3n) is 12.7. The number of hydrogen-bond acceptors (Lipinski definition) is 12. The summed E-state index contributed by atoms with van der Waals surface area (Å²) in [6.07, 6.45) is -0.889. The molecule has 68 heavy (non-hydrogen) atoms. The molecule has 0 saturated carbocycles. The second-order valence-electron chi connectivity index (χ2n) is 17.5. The molecule has 5 aromatic rings. The van der Waals surface area contributed by atoms with Crippen molar-refractivity contribution in [3.63, 3.8) is 0 Å². The van der Waals surface area contributed by atoms with Crippen LogP contribution in [0.1, 0.15) is 82.7 Å². The van der Waals surface area contributed by atoms with Gasteiger partial charge < -0.3 is 37.3 Å². The molecule has 2 heterocycles. The van der Waals surface area contributed by atoms with Crippen molar-refractivity contribution in [3.05, 3.63) is 154 Å². The van der Waals surface area contributed by atoms with Crippen LogP contribution in [-0.2, 0) is 24.1 Å². The highest BCUT2D eigenvalue weighted by Gasteiger charge is 2.45. The number of rotatable bonds is 20. The first-order valence-corrected chi connectivity index (χ1v) is 24.6. The maximum atomic E-state index is 13.7. The van der Waals surface area contributed by atoms with E-state index >= 15 is 0 Å². The Morgan fingerprint density at radius 2 is 1.46 bits per heavy atom. The number of aromatic nitrogens is 1. The van der Waals surface area contributed by atoms with Crippen LogP contribution in [0.3, 0.4) is 0 Å². The fourth-order valence-corrected chi connectivity index (χ4v) is 11.1. The first kappa shape index (κ1) is 48.6. The molecule has 0 spiro atoms. The van der Waals surface area contributed by atoms with Crippen molar-refractivity contribution >= 4 is 36.1 Å². The minimum atomic E-state index is -1.65. The first-order chi connectivity index (χ1) is 33.0. The highest BCUT2D eigenvalue weighted by atomic mass is 31.2. The number of anilines is 1. The number of ether oxygens (including phenoxy) is 4. The Kier molecular flexibility index (Phi) is 15.4. The molecule has 0 N–H and O–H groups in total. The van der Waals surface area contributed by atoms with Gasteiger partial charge in [0.25, 0.3) is 8.53 Å². The van der Waals surface area contributed by atoms with Gasteiger partial charge in [0.15, 0.2) is 16.8 Å². The largest absolute Gasteiger partial charge is 0.497 e. The van der Waals surface area contributed by atoms with E-state index in [0.717, 1.165) is 52.5 Å². The summed E-state index contributed by atoms with van der Waals surface area (Å²) in [7, 11) is 1.65. The van der Waals surface area contributed by atoms with Crippen LogP contribution in [0, 0.1) is 11.3 Å². The van der Waals surface area contributed by atoms with Gasteiger partial charge in [-0.3, -0.25) is 4.79 Å². The number of benzene rings is 6. The quantitative estimate of drug-likeness (QED) is 0.0237. The highest BCUT2D eigenvalue weighted by molar-refractivity contribution is 7.44. The normalized spacial score (nSPS) is 16.8. The van der Waals surface area contributed by atoms with Gasteiger partial charge in [-0.2, -0.15) is 5.26 Å². The van der Waals surface area contributed by atoms with Crippen molar-refractivity contribution in [1.82, 2.24) is 9.65 Å². The summed E-state index contributed by atoms with van der Waals surface area (Å²) in [6, 6.07) is 41.8. The second-order valence-corrected chi connectivity index (χ2v) is 18.9. The molecule has 1 unspecified atom stereocenters. The molecule has 0 aromatic heterocycles. The molecule has 1 saturated heterocycles. The van der Waals surface area contributed by atoms with Crippen LogP contribution in [0.5, 0.6) is 11.5 Å². The fraction of sp³-hybridized carbons (Fsp3) is 0.364. The molecule has 1 aliphatic carbocycles. The molecule has 354 valence electrons. The van der Waals surface area contributed by atoms with Crippen LogP contribution in [0.4, 0.5) is 5.69 Å². The van der Waals surface area contributed by atoms with Crippen molar-refractivity contribution in [2.45, 2.75) is 90.4 Å². The lowest BCUT2D eigenvalue weighted by Gasteiger charge is -2.39. The monoisotopic (exact) mass is 936 g/mol. The second kappa shape index (κ2) is 21.6. The predicted molar refractivity (Wildman–Crippen MR) is 269 cm³/mol. The molecule has 2 aliphatic heterocycles. The standard InChI is InChI=1S/C55H61N4O8P/c1-9-58(10-2)42-22-28-47-50(32-42)66-52-33-48(60)45-27-17-38(31-46(45)54(52)57-47)49-34-51(67-68(64-30-14-29-56)59(36(3)4)37(5)6)53(65-49)35-63-55(39-15-12-11-13-16-39,40-18-23-43(61-7)24-19-40)41-20-25-44(62-8)26-21-41/h11-13,15-28,31-33,36-37,49,51,53H,9-10,14,30,34-35H2,1-8H3/t49-,51+,53-,68?/m1/s1. The zero-order valence-electron chi connectivity index (χ0n) is 40.2. The lowest BCUT2D eigenvalue weighted by molar-refractivity contribution is -0.0806. The van der Waals surface area contributed by atoms with E-state index in [0.29, 0.717) is 39.7 Å². The maximum Gasteiger partial charge on any atom is 0.259 e. The van der Waals surface area contributed by atoms with Gasteiger partial charge in [0, 0.05) is 60.2 Å². The average Bonchev–Trinajstić information content (AvgIpc) is 3.76. The Labute approximate surface area is 400 Å². The summed E-state index contributed by atoms with van der Waals surface area (Å²) in [5.74, 6) is 1.86. The van der Waals surface area contributed by atoms with Gasteiger partial charge in [-0.25, -0.2) is 9.65 Å². The third kappa shape index (κ3) is 9.97. The summed E-state index contributed by atoms with van der Waals surface area (Å²) < 4.78 is 48.1. The minimum Gasteiger partial charge on any atom is -0.497 e. The van der Waals surface area contributed by atoms with Crippen molar-refractivity contribution in [2.24, 2.45) is 0 Å².